The van der Waals surface area contributed by atoms with Crippen LogP contribution in [-0.2, 0) is 0 Å². The van der Waals surface area contributed by atoms with Gasteiger partial charge in [0, 0.05) is 17.6 Å². The predicted octanol–water partition coefficient (Wildman–Crippen LogP) is 2.64. The SMILES string of the molecule is CCCNC(C)(CO)CC(C)N(CC)C(C)CC. The summed E-state index contributed by atoms with van der Waals surface area (Å²) in [5, 5.41) is 13.1. The van der Waals surface area contributed by atoms with Crippen molar-refractivity contribution in [1.82, 2.24) is 10.2 Å². The normalized spacial score (nSPS) is 18.7. The summed E-state index contributed by atoms with van der Waals surface area (Å²) >= 11 is 0. The Morgan fingerprint density at radius 1 is 1.17 bits per heavy atom. The van der Waals surface area contributed by atoms with Crippen LogP contribution in [-0.4, -0.2) is 47.3 Å². The number of rotatable bonds is 10. The molecule has 0 aromatic heterocycles. The van der Waals surface area contributed by atoms with Gasteiger partial charge in [-0.3, -0.25) is 4.90 Å². The molecule has 3 unspecified atom stereocenters. The smallest absolute Gasteiger partial charge is 0.0611 e. The van der Waals surface area contributed by atoms with Gasteiger partial charge in [-0.15, -0.1) is 0 Å². The summed E-state index contributed by atoms with van der Waals surface area (Å²) < 4.78 is 0. The standard InChI is InChI=1S/C15H34N2O/c1-7-10-16-15(6,12-18)11-14(5)17(9-3)13(4)8-2/h13-14,16,18H,7-12H2,1-6H3. The van der Waals surface area contributed by atoms with Crippen LogP contribution in [0.4, 0.5) is 0 Å². The van der Waals surface area contributed by atoms with Gasteiger partial charge in [-0.1, -0.05) is 20.8 Å². The second kappa shape index (κ2) is 8.89. The third kappa shape index (κ3) is 5.68. The first-order chi connectivity index (χ1) is 8.44. The van der Waals surface area contributed by atoms with Crippen LogP contribution in [0.1, 0.15) is 60.8 Å². The Kier molecular flexibility index (Phi) is 8.83. The molecule has 0 aliphatic heterocycles. The van der Waals surface area contributed by atoms with Crippen LogP contribution < -0.4 is 5.32 Å². The lowest BCUT2D eigenvalue weighted by molar-refractivity contribution is 0.0947. The van der Waals surface area contributed by atoms with Gasteiger partial charge >= 0.3 is 0 Å². The van der Waals surface area contributed by atoms with Gasteiger partial charge in [-0.2, -0.15) is 0 Å². The van der Waals surface area contributed by atoms with Crippen molar-refractivity contribution < 1.29 is 5.11 Å². The van der Waals surface area contributed by atoms with Crippen molar-refractivity contribution in [3.63, 3.8) is 0 Å². The molecule has 0 aromatic rings. The third-order valence-electron chi connectivity index (χ3n) is 3.98. The largest absolute Gasteiger partial charge is 0.394 e. The highest BCUT2D eigenvalue weighted by Crippen LogP contribution is 2.19. The maximum absolute atomic E-state index is 9.63. The van der Waals surface area contributed by atoms with E-state index in [0.717, 1.165) is 25.9 Å². The number of aliphatic hydroxyl groups is 1. The molecule has 18 heavy (non-hydrogen) atoms. The Bertz CT molecular complexity index is 211. The van der Waals surface area contributed by atoms with Gasteiger partial charge in [-0.05, 0) is 53.1 Å². The van der Waals surface area contributed by atoms with E-state index in [1.807, 2.05) is 0 Å². The Morgan fingerprint density at radius 2 is 1.78 bits per heavy atom. The molecule has 110 valence electrons. The molecule has 0 heterocycles. The van der Waals surface area contributed by atoms with Gasteiger partial charge in [0.25, 0.3) is 0 Å². The molecule has 0 aromatic carbocycles. The molecule has 0 aliphatic rings. The van der Waals surface area contributed by atoms with Gasteiger partial charge in [0.05, 0.1) is 6.61 Å². The first-order valence-electron chi connectivity index (χ1n) is 7.55. The summed E-state index contributed by atoms with van der Waals surface area (Å²) in [6.45, 7) is 15.6. The molecule has 3 nitrogen and oxygen atoms in total. The Labute approximate surface area is 114 Å². The van der Waals surface area contributed by atoms with E-state index in [0.29, 0.717) is 12.1 Å². The minimum Gasteiger partial charge on any atom is -0.394 e. The first kappa shape index (κ1) is 17.9. The summed E-state index contributed by atoms with van der Waals surface area (Å²) in [6.07, 6.45) is 3.27. The van der Waals surface area contributed by atoms with Crippen LogP contribution in [0.5, 0.6) is 0 Å². The van der Waals surface area contributed by atoms with Gasteiger partial charge < -0.3 is 10.4 Å². The zero-order chi connectivity index (χ0) is 14.2. The molecule has 0 amide bonds. The molecule has 0 saturated carbocycles. The Hall–Kier alpha value is -0.120. The fourth-order valence-electron chi connectivity index (χ4n) is 2.68. The lowest BCUT2D eigenvalue weighted by atomic mass is 9.92. The maximum Gasteiger partial charge on any atom is 0.0611 e. The molecule has 0 bridgehead atoms. The molecule has 0 saturated heterocycles. The highest BCUT2D eigenvalue weighted by Gasteiger charge is 2.28. The van der Waals surface area contributed by atoms with E-state index in [-0.39, 0.29) is 12.1 Å². The van der Waals surface area contributed by atoms with E-state index < -0.39 is 0 Å². The Balaban J connectivity index is 4.51. The van der Waals surface area contributed by atoms with Crippen LogP contribution in [0.3, 0.4) is 0 Å². The molecule has 0 radical (unpaired) electrons. The van der Waals surface area contributed by atoms with Gasteiger partial charge in [0.15, 0.2) is 0 Å². The van der Waals surface area contributed by atoms with E-state index >= 15 is 0 Å². The van der Waals surface area contributed by atoms with Crippen LogP contribution in [0.15, 0.2) is 0 Å². The minimum atomic E-state index is -0.156. The van der Waals surface area contributed by atoms with Crippen molar-refractivity contribution in [3.05, 3.63) is 0 Å². The lowest BCUT2D eigenvalue weighted by Gasteiger charge is -2.39. The van der Waals surface area contributed by atoms with Crippen molar-refractivity contribution >= 4 is 0 Å². The number of nitrogens with one attached hydrogen (secondary N) is 1. The van der Waals surface area contributed by atoms with Crippen molar-refractivity contribution in [2.45, 2.75) is 78.4 Å². The van der Waals surface area contributed by atoms with Gasteiger partial charge in [0.2, 0.25) is 0 Å². The topological polar surface area (TPSA) is 35.5 Å². The van der Waals surface area contributed by atoms with Crippen LogP contribution >= 0.6 is 0 Å². The molecule has 3 heteroatoms. The van der Waals surface area contributed by atoms with Crippen LogP contribution in [0, 0.1) is 0 Å². The average molecular weight is 258 g/mol. The first-order valence-corrected chi connectivity index (χ1v) is 7.55. The minimum absolute atomic E-state index is 0.156. The number of hydrogen-bond donors (Lipinski definition) is 2. The van der Waals surface area contributed by atoms with E-state index in [2.05, 4.69) is 51.8 Å². The number of nitrogens with zero attached hydrogens (tertiary/aromatic N) is 1. The highest BCUT2D eigenvalue weighted by molar-refractivity contribution is 4.88. The lowest BCUT2D eigenvalue weighted by Crippen LogP contribution is -2.52. The molecular weight excluding hydrogens is 224 g/mol. The Morgan fingerprint density at radius 3 is 2.17 bits per heavy atom. The number of hydrogen-bond acceptors (Lipinski definition) is 3. The van der Waals surface area contributed by atoms with Crippen molar-refractivity contribution in [3.8, 4) is 0 Å². The summed E-state index contributed by atoms with van der Waals surface area (Å²) in [5.41, 5.74) is -0.156. The predicted molar refractivity (Wildman–Crippen MR) is 80.0 cm³/mol. The molecular formula is C15H34N2O. The maximum atomic E-state index is 9.63. The molecule has 0 spiro atoms. The molecule has 0 aliphatic carbocycles. The summed E-state index contributed by atoms with van der Waals surface area (Å²) in [4.78, 5) is 2.53. The van der Waals surface area contributed by atoms with Crippen molar-refractivity contribution in [2.24, 2.45) is 0 Å². The molecule has 3 atom stereocenters. The van der Waals surface area contributed by atoms with E-state index in [9.17, 15) is 5.11 Å². The van der Waals surface area contributed by atoms with Gasteiger partial charge in [0.1, 0.15) is 0 Å². The second-order valence-electron chi connectivity index (χ2n) is 5.79. The molecule has 0 fully saturated rings. The highest BCUT2D eigenvalue weighted by atomic mass is 16.3. The average Bonchev–Trinajstić information content (AvgIpc) is 2.36. The summed E-state index contributed by atoms with van der Waals surface area (Å²) in [5.74, 6) is 0. The van der Waals surface area contributed by atoms with Crippen LogP contribution in [0.25, 0.3) is 0 Å². The molecule has 0 rings (SSSR count). The summed E-state index contributed by atoms with van der Waals surface area (Å²) in [6, 6.07) is 1.10. The summed E-state index contributed by atoms with van der Waals surface area (Å²) in [7, 11) is 0. The van der Waals surface area contributed by atoms with Crippen molar-refractivity contribution in [1.29, 1.82) is 0 Å². The molecule has 2 N–H and O–H groups in total. The van der Waals surface area contributed by atoms with Gasteiger partial charge in [-0.25, -0.2) is 0 Å². The van der Waals surface area contributed by atoms with E-state index in [4.69, 9.17) is 0 Å². The third-order valence-corrected chi connectivity index (χ3v) is 3.98. The van der Waals surface area contributed by atoms with Crippen molar-refractivity contribution in [2.75, 3.05) is 19.7 Å². The zero-order valence-electron chi connectivity index (χ0n) is 13.3. The quantitative estimate of drug-likeness (QED) is 0.632. The fourth-order valence-corrected chi connectivity index (χ4v) is 2.68. The monoisotopic (exact) mass is 258 g/mol. The zero-order valence-corrected chi connectivity index (χ0v) is 13.3. The second-order valence-corrected chi connectivity index (χ2v) is 5.79. The van der Waals surface area contributed by atoms with E-state index in [1.165, 1.54) is 6.42 Å². The van der Waals surface area contributed by atoms with E-state index in [1.54, 1.807) is 0 Å². The van der Waals surface area contributed by atoms with Crippen LogP contribution in [0.2, 0.25) is 0 Å². The number of aliphatic hydroxyl groups excluding tert-OH is 1. The fraction of sp³-hybridized carbons (Fsp3) is 1.00.